The van der Waals surface area contributed by atoms with Gasteiger partial charge in [0.25, 0.3) is 5.91 Å². The zero-order valence-corrected chi connectivity index (χ0v) is 11.1. The molecule has 2 rings (SSSR count). The first-order valence-electron chi connectivity index (χ1n) is 5.85. The molecule has 110 valence electrons. The highest BCUT2D eigenvalue weighted by Gasteiger charge is 2.38. The molecule has 0 aromatic carbocycles. The highest BCUT2D eigenvalue weighted by molar-refractivity contribution is 6.43. The maximum absolute atomic E-state index is 12.7. The van der Waals surface area contributed by atoms with E-state index < -0.39 is 17.7 Å². The molecule has 2 aliphatic heterocycles. The Hall–Kier alpha value is -1.54. The molecule has 0 aromatic heterocycles. The zero-order chi connectivity index (χ0) is 14.9. The molecular weight excluding hydrogens is 297 g/mol. The number of fused-ring (bicyclic) bond motifs is 1. The van der Waals surface area contributed by atoms with E-state index in [9.17, 15) is 18.0 Å². The normalized spacial score (nSPS) is 19.4. The summed E-state index contributed by atoms with van der Waals surface area (Å²) >= 11 is 5.82. The summed E-state index contributed by atoms with van der Waals surface area (Å²) in [6, 6.07) is 0. The van der Waals surface area contributed by atoms with Crippen LogP contribution in [0.5, 0.6) is 0 Å². The van der Waals surface area contributed by atoms with Crippen LogP contribution < -0.4 is 5.73 Å². The van der Waals surface area contributed by atoms with Crippen molar-refractivity contribution in [3.8, 4) is 0 Å². The van der Waals surface area contributed by atoms with Crippen molar-refractivity contribution in [1.82, 2.24) is 9.91 Å². The van der Waals surface area contributed by atoms with Crippen molar-refractivity contribution in [3.05, 3.63) is 22.9 Å². The van der Waals surface area contributed by atoms with Crippen molar-refractivity contribution in [2.75, 3.05) is 19.6 Å². The van der Waals surface area contributed by atoms with Crippen LogP contribution >= 0.6 is 11.6 Å². The lowest BCUT2D eigenvalue weighted by Crippen LogP contribution is -2.47. The molecule has 2 heterocycles. The van der Waals surface area contributed by atoms with E-state index in [1.165, 1.54) is 5.01 Å². The lowest BCUT2D eigenvalue weighted by atomic mass is 10.1. The van der Waals surface area contributed by atoms with E-state index in [-0.39, 0.29) is 17.4 Å². The van der Waals surface area contributed by atoms with Gasteiger partial charge in [-0.25, -0.2) is 5.01 Å². The van der Waals surface area contributed by atoms with Gasteiger partial charge in [-0.15, -0.1) is 0 Å². The molecule has 0 bridgehead atoms. The van der Waals surface area contributed by atoms with Gasteiger partial charge in [0.15, 0.2) is 5.84 Å². The summed E-state index contributed by atoms with van der Waals surface area (Å²) in [4.78, 5) is 12.9. The van der Waals surface area contributed by atoms with Crippen LogP contribution in [-0.2, 0) is 4.79 Å². The maximum atomic E-state index is 12.7. The predicted octanol–water partition coefficient (Wildman–Crippen LogP) is 1.38. The molecule has 9 heteroatoms. The number of hydrazone groups is 1. The van der Waals surface area contributed by atoms with Crippen LogP contribution in [0.2, 0.25) is 0 Å². The number of nitrogens with zero attached hydrogens (tertiary/aromatic N) is 3. The van der Waals surface area contributed by atoms with E-state index in [4.69, 9.17) is 17.3 Å². The highest BCUT2D eigenvalue weighted by atomic mass is 35.5. The standard InChI is InChI=1S/C11H12ClF3N4O/c12-8-4-7(11(13,14)15)5-18-6-9(20)19(3-1-2-16)17-10(8)18/h4-5H,1-3,6,16H2. The SMILES string of the molecule is NCCCN1N=C2C(Cl)=CC(C(F)(F)F)=CN2CC1=O. The number of hydrogen-bond donors (Lipinski definition) is 1. The quantitative estimate of drug-likeness (QED) is 0.856. The van der Waals surface area contributed by atoms with Crippen molar-refractivity contribution in [2.45, 2.75) is 12.6 Å². The number of carbonyl (C=O) groups excluding carboxylic acids is 1. The van der Waals surface area contributed by atoms with Crippen LogP contribution in [-0.4, -0.2) is 47.5 Å². The first-order valence-corrected chi connectivity index (χ1v) is 6.23. The minimum atomic E-state index is -4.52. The van der Waals surface area contributed by atoms with E-state index in [1.54, 1.807) is 0 Å². The predicted molar refractivity (Wildman–Crippen MR) is 67.6 cm³/mol. The summed E-state index contributed by atoms with van der Waals surface area (Å²) in [5.74, 6) is -0.261. The second-order valence-corrected chi connectivity index (χ2v) is 4.69. The van der Waals surface area contributed by atoms with E-state index in [2.05, 4.69) is 5.10 Å². The molecule has 0 radical (unpaired) electrons. The third-order valence-corrected chi connectivity index (χ3v) is 3.05. The molecule has 0 saturated carbocycles. The topological polar surface area (TPSA) is 61.9 Å². The summed E-state index contributed by atoms with van der Waals surface area (Å²) in [5.41, 5.74) is 4.44. The molecule has 0 aliphatic carbocycles. The molecule has 1 amide bonds. The first kappa shape index (κ1) is 14.9. The second kappa shape index (κ2) is 5.45. The number of rotatable bonds is 3. The van der Waals surface area contributed by atoms with Crippen LogP contribution in [0.25, 0.3) is 0 Å². The average molecular weight is 309 g/mol. The maximum Gasteiger partial charge on any atom is 0.417 e. The fraction of sp³-hybridized carbons (Fsp3) is 0.455. The summed E-state index contributed by atoms with van der Waals surface area (Å²) in [5, 5.41) is 5.01. The molecule has 0 unspecified atom stereocenters. The molecule has 0 atom stereocenters. The lowest BCUT2D eigenvalue weighted by molar-refractivity contribution is -0.132. The van der Waals surface area contributed by atoms with Crippen molar-refractivity contribution in [3.63, 3.8) is 0 Å². The van der Waals surface area contributed by atoms with Crippen LogP contribution in [0.15, 0.2) is 28.0 Å². The van der Waals surface area contributed by atoms with E-state index in [1.807, 2.05) is 0 Å². The molecule has 5 nitrogen and oxygen atoms in total. The highest BCUT2D eigenvalue weighted by Crippen LogP contribution is 2.33. The van der Waals surface area contributed by atoms with Crippen LogP contribution in [0.1, 0.15) is 6.42 Å². The number of allylic oxidation sites excluding steroid dienone is 2. The van der Waals surface area contributed by atoms with E-state index >= 15 is 0 Å². The van der Waals surface area contributed by atoms with Gasteiger partial charge >= 0.3 is 6.18 Å². The number of alkyl halides is 3. The second-order valence-electron chi connectivity index (χ2n) is 4.29. The summed E-state index contributed by atoms with van der Waals surface area (Å²) in [6.07, 6.45) is -2.34. The number of carbonyl (C=O) groups is 1. The Kier molecular flexibility index (Phi) is 4.05. The monoisotopic (exact) mass is 308 g/mol. The third-order valence-electron chi connectivity index (χ3n) is 2.77. The molecule has 0 saturated heterocycles. The van der Waals surface area contributed by atoms with Crippen molar-refractivity contribution < 1.29 is 18.0 Å². The summed E-state index contributed by atoms with van der Waals surface area (Å²) < 4.78 is 38.0. The molecule has 0 spiro atoms. The van der Waals surface area contributed by atoms with Crippen LogP contribution in [0.3, 0.4) is 0 Å². The van der Waals surface area contributed by atoms with Gasteiger partial charge in [0.05, 0.1) is 10.6 Å². The number of halogens is 4. The zero-order valence-electron chi connectivity index (χ0n) is 10.3. The first-order chi connectivity index (χ1) is 9.32. The Morgan fingerprint density at radius 1 is 1.45 bits per heavy atom. The summed E-state index contributed by atoms with van der Waals surface area (Å²) in [6.45, 7) is 0.472. The van der Waals surface area contributed by atoms with E-state index in [0.29, 0.717) is 19.5 Å². The Bertz CT molecular complexity index is 512. The van der Waals surface area contributed by atoms with Crippen molar-refractivity contribution in [1.29, 1.82) is 0 Å². The third kappa shape index (κ3) is 2.96. The largest absolute Gasteiger partial charge is 0.417 e. The van der Waals surface area contributed by atoms with Gasteiger partial charge in [0, 0.05) is 12.7 Å². The minimum Gasteiger partial charge on any atom is -0.330 e. The van der Waals surface area contributed by atoms with Gasteiger partial charge in [-0.2, -0.15) is 18.3 Å². The van der Waals surface area contributed by atoms with Gasteiger partial charge in [0.1, 0.15) is 6.54 Å². The fourth-order valence-electron chi connectivity index (χ4n) is 1.80. The average Bonchev–Trinajstić information content (AvgIpc) is 2.35. The lowest BCUT2D eigenvalue weighted by Gasteiger charge is -2.33. The van der Waals surface area contributed by atoms with Crippen molar-refractivity contribution in [2.24, 2.45) is 10.8 Å². The number of nitrogens with two attached hydrogens (primary N) is 1. The van der Waals surface area contributed by atoms with Gasteiger partial charge in [-0.3, -0.25) is 4.79 Å². The van der Waals surface area contributed by atoms with Gasteiger partial charge in [-0.1, -0.05) is 11.6 Å². The molecule has 0 fully saturated rings. The van der Waals surface area contributed by atoms with Crippen LogP contribution in [0, 0.1) is 0 Å². The Morgan fingerprint density at radius 3 is 2.75 bits per heavy atom. The smallest absolute Gasteiger partial charge is 0.330 e. The molecule has 2 aliphatic rings. The minimum absolute atomic E-state index is 0.135. The van der Waals surface area contributed by atoms with Crippen molar-refractivity contribution >= 4 is 23.3 Å². The Morgan fingerprint density at radius 2 is 2.15 bits per heavy atom. The molecule has 0 aromatic rings. The van der Waals surface area contributed by atoms with Gasteiger partial charge < -0.3 is 10.6 Å². The summed E-state index contributed by atoms with van der Waals surface area (Å²) in [7, 11) is 0. The number of amides is 1. The Labute approximate surface area is 118 Å². The molecular formula is C11H12ClF3N4O. The fourth-order valence-corrected chi connectivity index (χ4v) is 2.06. The Balaban J connectivity index is 2.28. The van der Waals surface area contributed by atoms with E-state index in [0.717, 1.165) is 17.2 Å². The molecule has 20 heavy (non-hydrogen) atoms. The molecule has 2 N–H and O–H groups in total. The van der Waals surface area contributed by atoms with Gasteiger partial charge in [-0.05, 0) is 19.0 Å². The van der Waals surface area contributed by atoms with Crippen LogP contribution in [0.4, 0.5) is 13.2 Å². The number of hydrogen-bond acceptors (Lipinski definition) is 4. The van der Waals surface area contributed by atoms with Gasteiger partial charge in [0.2, 0.25) is 0 Å². The number of amidine groups is 1.